The Kier molecular flexibility index (Phi) is 4.42. The van der Waals surface area contributed by atoms with E-state index in [2.05, 4.69) is 0 Å². The van der Waals surface area contributed by atoms with Gasteiger partial charge in [-0.2, -0.15) is 26.3 Å². The first-order chi connectivity index (χ1) is 12.0. The molecule has 1 aliphatic heterocycles. The van der Waals surface area contributed by atoms with E-state index in [4.69, 9.17) is 0 Å². The molecular weight excluding hydrogens is 360 g/mol. The molecule has 0 amide bonds. The van der Waals surface area contributed by atoms with Gasteiger partial charge in [0.25, 0.3) is 5.60 Å². The van der Waals surface area contributed by atoms with E-state index in [0.29, 0.717) is 36.8 Å². The summed E-state index contributed by atoms with van der Waals surface area (Å²) in [5, 5.41) is 9.52. The van der Waals surface area contributed by atoms with Crippen molar-refractivity contribution in [1.82, 2.24) is 0 Å². The lowest BCUT2D eigenvalue weighted by molar-refractivity contribution is -0.376. The van der Waals surface area contributed by atoms with Crippen LogP contribution in [0.15, 0.2) is 48.5 Å². The third-order valence-corrected chi connectivity index (χ3v) is 4.53. The van der Waals surface area contributed by atoms with Gasteiger partial charge in [0, 0.05) is 24.3 Å². The highest BCUT2D eigenvalue weighted by molar-refractivity contribution is 5.60. The Balaban J connectivity index is 1.95. The van der Waals surface area contributed by atoms with Crippen LogP contribution in [-0.4, -0.2) is 24.0 Å². The Morgan fingerprint density at radius 2 is 1.50 bits per heavy atom. The van der Waals surface area contributed by atoms with Gasteiger partial charge in [-0.05, 0) is 23.6 Å². The zero-order valence-electron chi connectivity index (χ0n) is 13.4. The van der Waals surface area contributed by atoms with Crippen LogP contribution in [0.5, 0.6) is 0 Å². The lowest BCUT2D eigenvalue weighted by Gasteiger charge is -2.33. The first-order valence-electron chi connectivity index (χ1n) is 7.82. The molecule has 0 bridgehead atoms. The monoisotopic (exact) mass is 375 g/mol. The van der Waals surface area contributed by atoms with Gasteiger partial charge in [0.2, 0.25) is 0 Å². The highest BCUT2D eigenvalue weighted by Crippen LogP contribution is 2.50. The second-order valence-corrected chi connectivity index (χ2v) is 6.21. The molecule has 0 aromatic heterocycles. The highest BCUT2D eigenvalue weighted by atomic mass is 19.4. The second kappa shape index (κ2) is 6.19. The van der Waals surface area contributed by atoms with Crippen LogP contribution in [0.3, 0.4) is 0 Å². The molecule has 0 aliphatic carbocycles. The van der Waals surface area contributed by atoms with Gasteiger partial charge in [-0.15, -0.1) is 0 Å². The quantitative estimate of drug-likeness (QED) is 0.795. The summed E-state index contributed by atoms with van der Waals surface area (Å²) >= 11 is 0. The van der Waals surface area contributed by atoms with Gasteiger partial charge in [0.05, 0.1) is 0 Å². The molecule has 0 unspecified atom stereocenters. The fourth-order valence-electron chi connectivity index (χ4n) is 3.15. The van der Waals surface area contributed by atoms with Crippen LogP contribution in [0, 0.1) is 0 Å². The molecule has 26 heavy (non-hydrogen) atoms. The zero-order valence-corrected chi connectivity index (χ0v) is 13.4. The van der Waals surface area contributed by atoms with Gasteiger partial charge in [0.15, 0.2) is 0 Å². The predicted molar refractivity (Wildman–Crippen MR) is 83.6 cm³/mol. The topological polar surface area (TPSA) is 23.5 Å². The van der Waals surface area contributed by atoms with Gasteiger partial charge >= 0.3 is 12.4 Å². The molecule has 0 radical (unpaired) electrons. The van der Waals surface area contributed by atoms with Gasteiger partial charge in [0.1, 0.15) is 0 Å². The van der Waals surface area contributed by atoms with Gasteiger partial charge < -0.3 is 10.0 Å². The van der Waals surface area contributed by atoms with Crippen LogP contribution in [0.2, 0.25) is 0 Å². The lowest BCUT2D eigenvalue weighted by atomic mass is 9.90. The van der Waals surface area contributed by atoms with Crippen molar-refractivity contribution in [2.24, 2.45) is 0 Å². The van der Waals surface area contributed by atoms with Crippen molar-refractivity contribution >= 4 is 5.69 Å². The number of anilines is 1. The van der Waals surface area contributed by atoms with Crippen LogP contribution < -0.4 is 4.90 Å². The number of fused-ring (bicyclic) bond motifs is 1. The summed E-state index contributed by atoms with van der Waals surface area (Å²) in [6.45, 7) is 0.972. The molecular formula is C18H15F6NO. The van der Waals surface area contributed by atoms with Crippen molar-refractivity contribution in [3.63, 3.8) is 0 Å². The molecule has 0 spiro atoms. The van der Waals surface area contributed by atoms with Crippen LogP contribution >= 0.6 is 0 Å². The molecule has 0 saturated heterocycles. The average Bonchev–Trinajstić information content (AvgIpc) is 2.95. The smallest absolute Gasteiger partial charge is 0.369 e. The van der Waals surface area contributed by atoms with Crippen molar-refractivity contribution in [1.29, 1.82) is 0 Å². The number of rotatable bonds is 3. The third-order valence-electron chi connectivity index (χ3n) is 4.53. The molecule has 2 aromatic rings. The molecule has 8 heteroatoms. The average molecular weight is 375 g/mol. The molecule has 2 nitrogen and oxygen atoms in total. The summed E-state index contributed by atoms with van der Waals surface area (Å²) < 4.78 is 78.1. The Hall–Kier alpha value is -2.22. The second-order valence-electron chi connectivity index (χ2n) is 6.21. The fraction of sp³-hybridized carbons (Fsp3) is 0.333. The van der Waals surface area contributed by atoms with Gasteiger partial charge in [-0.25, -0.2) is 0 Å². The lowest BCUT2D eigenvalue weighted by Crippen LogP contribution is -2.53. The summed E-state index contributed by atoms with van der Waals surface area (Å²) in [5.74, 6) is 0. The summed E-state index contributed by atoms with van der Waals surface area (Å²) in [6, 6.07) is 12.0. The van der Waals surface area contributed by atoms with E-state index in [0.717, 1.165) is 11.6 Å². The number of nitrogens with zero attached hydrogens (tertiary/aromatic N) is 1. The van der Waals surface area contributed by atoms with Crippen LogP contribution in [0.4, 0.5) is 32.0 Å². The first-order valence-corrected chi connectivity index (χ1v) is 7.82. The van der Waals surface area contributed by atoms with E-state index in [1.807, 2.05) is 35.2 Å². The number of halogens is 6. The number of aliphatic hydroxyl groups is 1. The fourth-order valence-corrected chi connectivity index (χ4v) is 3.15. The summed E-state index contributed by atoms with van der Waals surface area (Å²) in [7, 11) is 0. The van der Waals surface area contributed by atoms with E-state index in [-0.39, 0.29) is 0 Å². The van der Waals surface area contributed by atoms with Crippen molar-refractivity contribution in [3.8, 4) is 0 Å². The van der Waals surface area contributed by atoms with E-state index in [9.17, 15) is 31.4 Å². The molecule has 1 heterocycles. The normalized spacial score (nSPS) is 15.3. The minimum absolute atomic E-state index is 0.307. The van der Waals surface area contributed by atoms with Crippen LogP contribution in [0.1, 0.15) is 16.7 Å². The van der Waals surface area contributed by atoms with Gasteiger partial charge in [-0.3, -0.25) is 0 Å². The zero-order chi connectivity index (χ0) is 19.2. The summed E-state index contributed by atoms with van der Waals surface area (Å²) in [4.78, 5) is 1.88. The number of alkyl halides is 6. The third kappa shape index (κ3) is 3.02. The Bertz CT molecular complexity index is 771. The van der Waals surface area contributed by atoms with Crippen molar-refractivity contribution in [3.05, 3.63) is 65.2 Å². The minimum atomic E-state index is -5.87. The minimum Gasteiger partial charge on any atom is -0.369 e. The van der Waals surface area contributed by atoms with Crippen molar-refractivity contribution in [2.45, 2.75) is 30.9 Å². The Morgan fingerprint density at radius 1 is 0.885 bits per heavy atom. The molecule has 3 rings (SSSR count). The van der Waals surface area contributed by atoms with E-state index in [1.165, 1.54) is 6.07 Å². The maximum absolute atomic E-state index is 13.0. The number of hydrogen-bond acceptors (Lipinski definition) is 2. The predicted octanol–water partition coefficient (Wildman–Crippen LogP) is 4.56. The molecule has 0 atom stereocenters. The van der Waals surface area contributed by atoms with Crippen LogP contribution in [-0.2, 0) is 18.6 Å². The SMILES string of the molecule is OC(c1ccc2c(c1)CCN2Cc1ccccc1)(C(F)(F)F)C(F)(F)F. The molecule has 1 N–H and O–H groups in total. The van der Waals surface area contributed by atoms with E-state index in [1.54, 1.807) is 0 Å². The Labute approximate surface area is 145 Å². The van der Waals surface area contributed by atoms with Crippen molar-refractivity contribution in [2.75, 3.05) is 11.4 Å². The van der Waals surface area contributed by atoms with Crippen molar-refractivity contribution < 1.29 is 31.4 Å². The molecule has 1 aliphatic rings. The Morgan fingerprint density at radius 3 is 2.08 bits per heavy atom. The molecule has 0 saturated carbocycles. The van der Waals surface area contributed by atoms with Crippen LogP contribution in [0.25, 0.3) is 0 Å². The standard InChI is InChI=1S/C18H15F6NO/c19-17(20,21)16(26,18(22,23)24)14-6-7-15-13(10-14)8-9-25(15)11-12-4-2-1-3-5-12/h1-7,10,26H,8-9,11H2. The first kappa shape index (κ1) is 18.6. The van der Waals surface area contributed by atoms with E-state index < -0.39 is 23.5 Å². The van der Waals surface area contributed by atoms with Gasteiger partial charge in [-0.1, -0.05) is 42.5 Å². The maximum atomic E-state index is 13.0. The highest BCUT2D eigenvalue weighted by Gasteiger charge is 2.71. The molecule has 0 fully saturated rings. The molecule has 2 aromatic carbocycles. The maximum Gasteiger partial charge on any atom is 0.430 e. The summed E-state index contributed by atoms with van der Waals surface area (Å²) in [5.41, 5.74) is -4.19. The molecule has 140 valence electrons. The van der Waals surface area contributed by atoms with E-state index >= 15 is 0 Å². The number of benzene rings is 2. The number of hydrogen-bond donors (Lipinski definition) is 1. The largest absolute Gasteiger partial charge is 0.430 e. The summed E-state index contributed by atoms with van der Waals surface area (Å²) in [6.07, 6.45) is -11.4.